The molecule has 1 fully saturated rings. The monoisotopic (exact) mass is 434 g/mol. The van der Waals surface area contributed by atoms with Crippen LogP contribution in [0, 0.1) is 12.7 Å². The van der Waals surface area contributed by atoms with Crippen LogP contribution in [0.4, 0.5) is 21.7 Å². The molecule has 0 bridgehead atoms. The van der Waals surface area contributed by atoms with Crippen molar-refractivity contribution < 1.29 is 9.18 Å². The van der Waals surface area contributed by atoms with Crippen LogP contribution >= 0.6 is 0 Å². The summed E-state index contributed by atoms with van der Waals surface area (Å²) in [6.07, 6.45) is 3.29. The molecule has 3 aromatic rings. The number of amides is 1. The van der Waals surface area contributed by atoms with E-state index in [4.69, 9.17) is 4.98 Å². The number of benzene rings is 1. The number of nitrogens with zero attached hydrogens (tertiary/aromatic N) is 4. The normalized spacial score (nSPS) is 15.3. The smallest absolute Gasteiger partial charge is 0.244 e. The summed E-state index contributed by atoms with van der Waals surface area (Å²) in [4.78, 5) is 28.3. The number of likely N-dealkylation sites (tertiary alicyclic amines) is 1. The number of anilines is 3. The Kier molecular flexibility index (Phi) is 6.58. The minimum atomic E-state index is -0.507. The topological polar surface area (TPSA) is 83.0 Å². The highest BCUT2D eigenvalue weighted by molar-refractivity contribution is 5.84. The third-order valence-electron chi connectivity index (χ3n) is 5.58. The SMILES string of the molecule is Cc1cc(Nc2ccccn2)nc(C2CCN(C(=O)[C@@H](C)Nc3ccccc3F)CC2)n1. The fourth-order valence-electron chi connectivity index (χ4n) is 3.91. The molecular formula is C24H27FN6O. The molecule has 8 heteroatoms. The average molecular weight is 435 g/mol. The van der Waals surface area contributed by atoms with Crippen molar-refractivity contribution >= 4 is 23.2 Å². The van der Waals surface area contributed by atoms with Crippen LogP contribution < -0.4 is 10.6 Å². The van der Waals surface area contributed by atoms with Crippen molar-refractivity contribution in [2.24, 2.45) is 0 Å². The van der Waals surface area contributed by atoms with Gasteiger partial charge in [0.05, 0.1) is 5.69 Å². The number of para-hydroxylation sites is 1. The van der Waals surface area contributed by atoms with E-state index < -0.39 is 6.04 Å². The fraction of sp³-hybridized carbons (Fsp3) is 0.333. The minimum Gasteiger partial charge on any atom is -0.372 e. The van der Waals surface area contributed by atoms with Crippen molar-refractivity contribution in [3.63, 3.8) is 0 Å². The highest BCUT2D eigenvalue weighted by atomic mass is 19.1. The highest BCUT2D eigenvalue weighted by Gasteiger charge is 2.28. The molecule has 0 radical (unpaired) electrons. The molecule has 1 aromatic carbocycles. The number of hydrogen-bond acceptors (Lipinski definition) is 6. The molecule has 32 heavy (non-hydrogen) atoms. The number of aromatic nitrogens is 3. The van der Waals surface area contributed by atoms with E-state index >= 15 is 0 Å². The van der Waals surface area contributed by atoms with E-state index in [1.807, 2.05) is 36.1 Å². The van der Waals surface area contributed by atoms with E-state index in [9.17, 15) is 9.18 Å². The van der Waals surface area contributed by atoms with Gasteiger partial charge >= 0.3 is 0 Å². The lowest BCUT2D eigenvalue weighted by Gasteiger charge is -2.33. The number of piperidine rings is 1. The van der Waals surface area contributed by atoms with Gasteiger partial charge in [0, 0.05) is 37.0 Å². The largest absolute Gasteiger partial charge is 0.372 e. The Hall–Kier alpha value is -3.55. The van der Waals surface area contributed by atoms with Gasteiger partial charge in [-0.1, -0.05) is 18.2 Å². The third kappa shape index (κ3) is 5.19. The van der Waals surface area contributed by atoms with Crippen molar-refractivity contribution in [1.82, 2.24) is 19.9 Å². The van der Waals surface area contributed by atoms with E-state index in [0.717, 1.165) is 30.2 Å². The first kappa shape index (κ1) is 21.7. The van der Waals surface area contributed by atoms with Crippen LogP contribution in [0.5, 0.6) is 0 Å². The van der Waals surface area contributed by atoms with Crippen LogP contribution in [0.25, 0.3) is 0 Å². The molecule has 0 aliphatic carbocycles. The zero-order chi connectivity index (χ0) is 22.5. The molecule has 1 atom stereocenters. The third-order valence-corrected chi connectivity index (χ3v) is 5.58. The molecule has 3 heterocycles. The molecule has 0 spiro atoms. The summed E-state index contributed by atoms with van der Waals surface area (Å²) < 4.78 is 13.9. The molecule has 1 aliphatic rings. The second-order valence-corrected chi connectivity index (χ2v) is 8.04. The van der Waals surface area contributed by atoms with Gasteiger partial charge in [0.25, 0.3) is 0 Å². The number of rotatable bonds is 6. The number of hydrogen-bond donors (Lipinski definition) is 2. The first-order valence-corrected chi connectivity index (χ1v) is 10.8. The summed E-state index contributed by atoms with van der Waals surface area (Å²) in [7, 11) is 0. The summed E-state index contributed by atoms with van der Waals surface area (Å²) in [6, 6.07) is 13.4. The van der Waals surface area contributed by atoms with Gasteiger partial charge in [-0.05, 0) is 51.0 Å². The van der Waals surface area contributed by atoms with Crippen LogP contribution in [0.3, 0.4) is 0 Å². The molecule has 166 valence electrons. The molecule has 0 unspecified atom stereocenters. The molecular weight excluding hydrogens is 407 g/mol. The predicted octanol–water partition coefficient (Wildman–Crippen LogP) is 4.27. The Labute approximate surface area is 187 Å². The Morgan fingerprint density at radius 1 is 1.09 bits per heavy atom. The summed E-state index contributed by atoms with van der Waals surface area (Å²) in [5.41, 5.74) is 1.22. The van der Waals surface area contributed by atoms with Crippen molar-refractivity contribution in [2.45, 2.75) is 38.6 Å². The first-order chi connectivity index (χ1) is 15.5. The number of aryl methyl sites for hydroxylation is 1. The van der Waals surface area contributed by atoms with E-state index in [-0.39, 0.29) is 17.6 Å². The van der Waals surface area contributed by atoms with Gasteiger partial charge in [0.2, 0.25) is 5.91 Å². The number of halogens is 1. The number of carbonyl (C=O) groups is 1. The molecule has 1 saturated heterocycles. The van der Waals surface area contributed by atoms with E-state index in [1.165, 1.54) is 6.07 Å². The molecule has 2 N–H and O–H groups in total. The predicted molar refractivity (Wildman–Crippen MR) is 122 cm³/mol. The number of pyridine rings is 1. The summed E-state index contributed by atoms with van der Waals surface area (Å²) >= 11 is 0. The lowest BCUT2D eigenvalue weighted by atomic mass is 9.95. The fourth-order valence-corrected chi connectivity index (χ4v) is 3.91. The average Bonchev–Trinajstić information content (AvgIpc) is 2.80. The van der Waals surface area contributed by atoms with Crippen LogP contribution in [0.15, 0.2) is 54.7 Å². The zero-order valence-corrected chi connectivity index (χ0v) is 18.3. The molecule has 4 rings (SSSR count). The van der Waals surface area contributed by atoms with Crippen molar-refractivity contribution in [3.05, 3.63) is 72.1 Å². The maximum atomic E-state index is 13.9. The molecule has 2 aromatic heterocycles. The van der Waals surface area contributed by atoms with E-state index in [0.29, 0.717) is 24.6 Å². The molecule has 0 saturated carbocycles. The van der Waals surface area contributed by atoms with Gasteiger partial charge in [0.15, 0.2) is 0 Å². The van der Waals surface area contributed by atoms with Crippen molar-refractivity contribution in [2.75, 3.05) is 23.7 Å². The summed E-state index contributed by atoms with van der Waals surface area (Å²) in [5, 5.41) is 6.21. The maximum Gasteiger partial charge on any atom is 0.244 e. The summed E-state index contributed by atoms with van der Waals surface area (Å²) in [6.45, 7) is 4.95. The standard InChI is InChI=1S/C24H27FN6O/c1-16-15-22(29-21-9-5-6-12-26-21)30-23(27-16)18-10-13-31(14-11-18)24(32)17(2)28-20-8-4-3-7-19(20)25/h3-9,12,15,17-18,28H,10-11,13-14H2,1-2H3,(H,26,27,29,30)/t17-/m1/s1. The van der Waals surface area contributed by atoms with E-state index in [1.54, 1.807) is 31.3 Å². The van der Waals surface area contributed by atoms with Crippen LogP contribution in [-0.2, 0) is 4.79 Å². The van der Waals surface area contributed by atoms with Gasteiger partial charge in [-0.15, -0.1) is 0 Å². The Morgan fingerprint density at radius 3 is 2.56 bits per heavy atom. The number of nitrogens with one attached hydrogen (secondary N) is 2. The van der Waals surface area contributed by atoms with Gasteiger partial charge in [-0.3, -0.25) is 4.79 Å². The quantitative estimate of drug-likeness (QED) is 0.603. The van der Waals surface area contributed by atoms with Crippen molar-refractivity contribution in [3.8, 4) is 0 Å². The first-order valence-electron chi connectivity index (χ1n) is 10.8. The molecule has 1 amide bonds. The second-order valence-electron chi connectivity index (χ2n) is 8.04. The molecule has 7 nitrogen and oxygen atoms in total. The Balaban J connectivity index is 1.37. The van der Waals surface area contributed by atoms with Gasteiger partial charge in [-0.25, -0.2) is 19.3 Å². The van der Waals surface area contributed by atoms with Crippen LogP contribution in [0.2, 0.25) is 0 Å². The maximum absolute atomic E-state index is 13.9. The van der Waals surface area contributed by atoms with Gasteiger partial charge in [-0.2, -0.15) is 0 Å². The Bertz CT molecular complexity index is 1070. The van der Waals surface area contributed by atoms with E-state index in [2.05, 4.69) is 20.6 Å². The van der Waals surface area contributed by atoms with Gasteiger partial charge in [0.1, 0.15) is 29.3 Å². The number of carbonyl (C=O) groups excluding carboxylic acids is 1. The Morgan fingerprint density at radius 2 is 1.84 bits per heavy atom. The minimum absolute atomic E-state index is 0.0330. The van der Waals surface area contributed by atoms with Crippen LogP contribution in [-0.4, -0.2) is 44.9 Å². The van der Waals surface area contributed by atoms with Gasteiger partial charge < -0.3 is 15.5 Å². The molecule has 1 aliphatic heterocycles. The van der Waals surface area contributed by atoms with Crippen molar-refractivity contribution in [1.29, 1.82) is 0 Å². The zero-order valence-electron chi connectivity index (χ0n) is 18.3. The van der Waals surface area contributed by atoms with Crippen LogP contribution in [0.1, 0.15) is 37.2 Å². The lowest BCUT2D eigenvalue weighted by molar-refractivity contribution is -0.132. The highest BCUT2D eigenvalue weighted by Crippen LogP contribution is 2.28. The second kappa shape index (κ2) is 9.72. The lowest BCUT2D eigenvalue weighted by Crippen LogP contribution is -2.45. The summed E-state index contributed by atoms with van der Waals surface area (Å²) in [5.74, 6) is 2.01.